The zero-order valence-electron chi connectivity index (χ0n) is 20.7. The number of rotatable bonds is 16. The van der Waals surface area contributed by atoms with Crippen LogP contribution in [0, 0.1) is 0 Å². The van der Waals surface area contributed by atoms with Gasteiger partial charge in [0.25, 0.3) is 0 Å². The first-order chi connectivity index (χ1) is 17.4. The third-order valence-electron chi connectivity index (χ3n) is 5.26. The maximum Gasteiger partial charge on any atom is 0.326 e. The molecule has 0 saturated heterocycles. The number of hydrogen-bond acceptors (Lipinski definition) is 7. The van der Waals surface area contributed by atoms with Gasteiger partial charge in [-0.2, -0.15) is 0 Å². The Kier molecular flexibility index (Phi) is 13.1. The van der Waals surface area contributed by atoms with Gasteiger partial charge in [0.1, 0.15) is 18.1 Å². The van der Waals surface area contributed by atoms with Crippen molar-refractivity contribution in [3.05, 3.63) is 35.9 Å². The first-order valence-corrected chi connectivity index (χ1v) is 11.7. The van der Waals surface area contributed by atoms with Crippen molar-refractivity contribution in [2.45, 2.75) is 63.2 Å². The molecule has 0 heterocycles. The van der Waals surface area contributed by atoms with Gasteiger partial charge in [0, 0.05) is 13.0 Å². The molecule has 1 aromatic carbocycles. The molecule has 4 unspecified atom stereocenters. The van der Waals surface area contributed by atoms with Crippen LogP contribution in [0.25, 0.3) is 0 Å². The number of nitrogens with zero attached hydrogens (tertiary/aromatic N) is 1. The normalized spacial score (nSPS) is 13.8. The SMILES string of the molecule is CC(NC(=O)C(N)Cc1ccccc1)C(=O)NC(CCCN=C(N)N)C(=O)NC(CCC(N)=O)C(=O)O. The minimum absolute atomic E-state index is 0.0602. The third-order valence-corrected chi connectivity index (χ3v) is 5.26. The fourth-order valence-corrected chi connectivity index (χ4v) is 3.23. The highest BCUT2D eigenvalue weighted by Crippen LogP contribution is 2.05. The topological polar surface area (TPSA) is 258 Å². The van der Waals surface area contributed by atoms with E-state index in [4.69, 9.17) is 22.9 Å². The van der Waals surface area contributed by atoms with E-state index in [-0.39, 0.29) is 44.6 Å². The van der Waals surface area contributed by atoms with E-state index in [1.807, 2.05) is 30.3 Å². The molecule has 0 bridgehead atoms. The van der Waals surface area contributed by atoms with Crippen LogP contribution in [0.5, 0.6) is 0 Å². The second-order valence-corrected chi connectivity index (χ2v) is 8.44. The van der Waals surface area contributed by atoms with Crippen molar-refractivity contribution in [3.63, 3.8) is 0 Å². The summed E-state index contributed by atoms with van der Waals surface area (Å²) in [6, 6.07) is 4.59. The molecule has 1 aromatic rings. The molecule has 0 saturated carbocycles. The summed E-state index contributed by atoms with van der Waals surface area (Å²) in [7, 11) is 0. The molecule has 0 aliphatic rings. The minimum Gasteiger partial charge on any atom is -0.480 e. The van der Waals surface area contributed by atoms with E-state index in [1.165, 1.54) is 6.92 Å². The smallest absolute Gasteiger partial charge is 0.326 e. The molecule has 0 aliphatic heterocycles. The van der Waals surface area contributed by atoms with Gasteiger partial charge in [-0.1, -0.05) is 30.3 Å². The van der Waals surface area contributed by atoms with Crippen LogP contribution in [0.3, 0.4) is 0 Å². The van der Waals surface area contributed by atoms with Crippen LogP contribution < -0.4 is 38.9 Å². The van der Waals surface area contributed by atoms with Crippen LogP contribution in [-0.4, -0.2) is 71.4 Å². The lowest BCUT2D eigenvalue weighted by molar-refractivity contribution is -0.142. The number of guanidine groups is 1. The lowest BCUT2D eigenvalue weighted by Crippen LogP contribution is -2.56. The van der Waals surface area contributed by atoms with E-state index in [1.54, 1.807) is 0 Å². The molecule has 14 heteroatoms. The van der Waals surface area contributed by atoms with Crippen LogP contribution in [0.4, 0.5) is 0 Å². The fourth-order valence-electron chi connectivity index (χ4n) is 3.23. The van der Waals surface area contributed by atoms with Crippen LogP contribution in [0.2, 0.25) is 0 Å². The first kappa shape index (κ1) is 30.8. The molecule has 0 radical (unpaired) electrons. The molecule has 0 fully saturated rings. The molecule has 0 aromatic heterocycles. The number of carbonyl (C=O) groups excluding carboxylic acids is 4. The predicted molar refractivity (Wildman–Crippen MR) is 136 cm³/mol. The predicted octanol–water partition coefficient (Wildman–Crippen LogP) is -2.57. The lowest BCUT2D eigenvalue weighted by atomic mass is 10.1. The lowest BCUT2D eigenvalue weighted by Gasteiger charge is -2.23. The first-order valence-electron chi connectivity index (χ1n) is 11.7. The second kappa shape index (κ2) is 15.7. The van der Waals surface area contributed by atoms with Crippen molar-refractivity contribution in [3.8, 4) is 0 Å². The van der Waals surface area contributed by atoms with Crippen LogP contribution >= 0.6 is 0 Å². The Hall–Kier alpha value is -4.20. The van der Waals surface area contributed by atoms with Crippen molar-refractivity contribution in [1.82, 2.24) is 16.0 Å². The Morgan fingerprint density at radius 1 is 0.892 bits per heavy atom. The van der Waals surface area contributed by atoms with Crippen molar-refractivity contribution in [2.24, 2.45) is 27.9 Å². The number of nitrogens with one attached hydrogen (secondary N) is 3. The van der Waals surface area contributed by atoms with E-state index in [9.17, 15) is 29.1 Å². The number of nitrogens with two attached hydrogens (primary N) is 4. The largest absolute Gasteiger partial charge is 0.480 e. The highest BCUT2D eigenvalue weighted by atomic mass is 16.4. The summed E-state index contributed by atoms with van der Waals surface area (Å²) in [4.78, 5) is 64.4. The number of carboxylic acids is 1. The number of amides is 4. The van der Waals surface area contributed by atoms with Gasteiger partial charge in [-0.25, -0.2) is 4.79 Å². The molecule has 1 rings (SSSR count). The summed E-state index contributed by atoms with van der Waals surface area (Å²) >= 11 is 0. The molecule has 37 heavy (non-hydrogen) atoms. The highest BCUT2D eigenvalue weighted by molar-refractivity contribution is 5.94. The molecular weight excluding hydrogens is 484 g/mol. The summed E-state index contributed by atoms with van der Waals surface area (Å²) in [5.41, 5.74) is 22.5. The Balaban J connectivity index is 2.82. The molecule has 204 valence electrons. The quantitative estimate of drug-likeness (QED) is 0.0646. The fraction of sp³-hybridized carbons (Fsp3) is 0.478. The van der Waals surface area contributed by atoms with Gasteiger partial charge in [0.15, 0.2) is 5.96 Å². The maximum absolute atomic E-state index is 12.8. The molecule has 0 spiro atoms. The number of aliphatic carboxylic acids is 1. The van der Waals surface area contributed by atoms with E-state index in [2.05, 4.69) is 20.9 Å². The van der Waals surface area contributed by atoms with Crippen LogP contribution in [0.15, 0.2) is 35.3 Å². The third kappa shape index (κ3) is 12.4. The van der Waals surface area contributed by atoms with Gasteiger partial charge in [-0.15, -0.1) is 0 Å². The summed E-state index contributed by atoms with van der Waals surface area (Å²) in [6.07, 6.45) is 0.114. The molecular formula is C23H36N8O6. The van der Waals surface area contributed by atoms with Gasteiger partial charge < -0.3 is 44.0 Å². The summed E-state index contributed by atoms with van der Waals surface area (Å²) < 4.78 is 0. The Bertz CT molecular complexity index is 967. The maximum atomic E-state index is 12.8. The Morgan fingerprint density at radius 3 is 2.08 bits per heavy atom. The van der Waals surface area contributed by atoms with Crippen molar-refractivity contribution >= 4 is 35.6 Å². The van der Waals surface area contributed by atoms with Crippen molar-refractivity contribution in [2.75, 3.05) is 6.54 Å². The number of hydrogen-bond donors (Lipinski definition) is 8. The zero-order valence-corrected chi connectivity index (χ0v) is 20.7. The van der Waals surface area contributed by atoms with Crippen molar-refractivity contribution < 1.29 is 29.1 Å². The highest BCUT2D eigenvalue weighted by Gasteiger charge is 2.28. The minimum atomic E-state index is -1.40. The van der Waals surface area contributed by atoms with Crippen LogP contribution in [0.1, 0.15) is 38.2 Å². The molecule has 4 atom stereocenters. The molecule has 0 aliphatic carbocycles. The van der Waals surface area contributed by atoms with Gasteiger partial charge in [-0.05, 0) is 38.2 Å². The number of carbonyl (C=O) groups is 5. The number of aliphatic imine (C=N–C) groups is 1. The van der Waals surface area contributed by atoms with Gasteiger partial charge in [0.2, 0.25) is 23.6 Å². The van der Waals surface area contributed by atoms with E-state index in [0.717, 1.165) is 5.56 Å². The summed E-state index contributed by atoms with van der Waals surface area (Å²) in [6.45, 7) is 1.58. The molecule has 14 nitrogen and oxygen atoms in total. The van der Waals surface area contributed by atoms with E-state index in [0.29, 0.717) is 0 Å². The zero-order chi connectivity index (χ0) is 28.0. The van der Waals surface area contributed by atoms with Gasteiger partial charge in [-0.3, -0.25) is 24.2 Å². The Morgan fingerprint density at radius 2 is 1.51 bits per heavy atom. The summed E-state index contributed by atoms with van der Waals surface area (Å²) in [5, 5.41) is 16.7. The number of benzene rings is 1. The van der Waals surface area contributed by atoms with Crippen LogP contribution in [-0.2, 0) is 30.4 Å². The van der Waals surface area contributed by atoms with E-state index < -0.39 is 53.8 Å². The number of carboxylic acid groups (broad SMARTS) is 1. The Labute approximate surface area is 214 Å². The van der Waals surface area contributed by atoms with Gasteiger partial charge in [0.05, 0.1) is 6.04 Å². The monoisotopic (exact) mass is 520 g/mol. The van der Waals surface area contributed by atoms with Gasteiger partial charge >= 0.3 is 5.97 Å². The van der Waals surface area contributed by atoms with Crippen molar-refractivity contribution in [1.29, 1.82) is 0 Å². The molecule has 4 amide bonds. The molecule has 12 N–H and O–H groups in total. The second-order valence-electron chi connectivity index (χ2n) is 8.44. The number of primary amides is 1. The standard InChI is InChI=1S/C23H36N8O6/c1-13(29-20(34)15(24)12-14-6-3-2-4-7-14)19(33)30-16(8-5-11-28-23(26)27)21(35)31-17(22(36)37)9-10-18(25)32/h2-4,6-7,13,15-17H,5,8-12,24H2,1H3,(H2,25,32)(H,29,34)(H,30,33)(H,31,35)(H,36,37)(H4,26,27,28). The summed E-state index contributed by atoms with van der Waals surface area (Å²) in [5.74, 6) is -4.28. The average Bonchev–Trinajstić information content (AvgIpc) is 2.83. The average molecular weight is 521 g/mol. The van der Waals surface area contributed by atoms with E-state index >= 15 is 0 Å².